The normalized spacial score (nSPS) is 24.7. The zero-order chi connectivity index (χ0) is 23.2. The number of rotatable bonds is 9. The van der Waals surface area contributed by atoms with Gasteiger partial charge in [-0.05, 0) is 60.5 Å². The molecule has 34 heavy (non-hydrogen) atoms. The molecule has 4 fully saturated rings. The number of carbonyl (C=O) groups is 2. The Kier molecular flexibility index (Phi) is 5.50. The van der Waals surface area contributed by atoms with Crippen molar-refractivity contribution in [1.82, 2.24) is 9.80 Å². The highest BCUT2D eigenvalue weighted by molar-refractivity contribution is 5.84. The average Bonchev–Trinajstić information content (AvgIpc) is 3.72. The fraction of sp³-hybridized carbons (Fsp3) is 0.533. The van der Waals surface area contributed by atoms with Crippen molar-refractivity contribution in [3.8, 4) is 0 Å². The van der Waals surface area contributed by atoms with E-state index in [1.54, 1.807) is 0 Å². The van der Waals surface area contributed by atoms with Crippen molar-refractivity contribution in [3.63, 3.8) is 0 Å². The molecule has 2 spiro atoms. The van der Waals surface area contributed by atoms with Crippen LogP contribution in [0.25, 0.3) is 0 Å². The van der Waals surface area contributed by atoms with Gasteiger partial charge in [0, 0.05) is 38.0 Å². The zero-order valence-electron chi connectivity index (χ0n) is 20.1. The lowest BCUT2D eigenvalue weighted by Gasteiger charge is -2.32. The minimum atomic E-state index is 0.199. The Morgan fingerprint density at radius 3 is 1.32 bits per heavy atom. The lowest BCUT2D eigenvalue weighted by molar-refractivity contribution is -0.139. The summed E-state index contributed by atoms with van der Waals surface area (Å²) in [7, 11) is 0. The lowest BCUT2D eigenvalue weighted by atomic mass is 9.79. The number of hydrogen-bond donors (Lipinski definition) is 0. The van der Waals surface area contributed by atoms with Crippen LogP contribution in [0.5, 0.6) is 0 Å². The molecule has 0 N–H and O–H groups in total. The second kappa shape index (κ2) is 8.55. The van der Waals surface area contributed by atoms with Crippen molar-refractivity contribution < 1.29 is 9.59 Å². The summed E-state index contributed by atoms with van der Waals surface area (Å²) in [6.07, 6.45) is 9.52. The Morgan fingerprint density at radius 1 is 0.647 bits per heavy atom. The first-order valence-electron chi connectivity index (χ1n) is 13.2. The van der Waals surface area contributed by atoms with Crippen molar-refractivity contribution in [2.75, 3.05) is 13.1 Å². The molecule has 2 unspecified atom stereocenters. The molecule has 0 saturated heterocycles. The van der Waals surface area contributed by atoms with Crippen LogP contribution in [0.3, 0.4) is 0 Å². The van der Waals surface area contributed by atoms with Gasteiger partial charge in [0.25, 0.3) is 0 Å². The fourth-order valence-electron chi connectivity index (χ4n) is 6.58. The number of benzene rings is 2. The van der Waals surface area contributed by atoms with E-state index in [-0.39, 0.29) is 11.8 Å². The van der Waals surface area contributed by atoms with Crippen molar-refractivity contribution in [3.05, 3.63) is 71.8 Å². The zero-order valence-corrected chi connectivity index (χ0v) is 20.1. The monoisotopic (exact) mass is 456 g/mol. The third-order valence-electron chi connectivity index (χ3n) is 9.37. The van der Waals surface area contributed by atoms with Gasteiger partial charge in [0.1, 0.15) is 0 Å². The van der Waals surface area contributed by atoms with E-state index in [0.717, 1.165) is 24.0 Å². The predicted octanol–water partition coefficient (Wildman–Crippen LogP) is 5.42. The van der Waals surface area contributed by atoms with Crippen LogP contribution < -0.4 is 0 Å². The van der Waals surface area contributed by atoms with E-state index in [0.29, 0.717) is 48.8 Å². The number of nitrogens with zero attached hydrogens (tertiary/aromatic N) is 2. The van der Waals surface area contributed by atoms with E-state index in [4.69, 9.17) is 0 Å². The molecule has 6 rings (SSSR count). The molecule has 0 heterocycles. The molecule has 2 aromatic carbocycles. The first-order valence-corrected chi connectivity index (χ1v) is 13.2. The highest BCUT2D eigenvalue weighted by Crippen LogP contribution is 2.66. The molecular weight excluding hydrogens is 420 g/mol. The molecule has 4 nitrogen and oxygen atoms in total. The van der Waals surface area contributed by atoms with Crippen LogP contribution in [-0.4, -0.2) is 34.7 Å². The van der Waals surface area contributed by atoms with Crippen LogP contribution in [0.15, 0.2) is 60.7 Å². The Hall–Kier alpha value is -2.62. The maximum Gasteiger partial charge on any atom is 0.226 e. The van der Waals surface area contributed by atoms with E-state index < -0.39 is 0 Å². The van der Waals surface area contributed by atoms with E-state index in [9.17, 15) is 9.59 Å². The Morgan fingerprint density at radius 2 is 1.03 bits per heavy atom. The summed E-state index contributed by atoms with van der Waals surface area (Å²) in [6, 6.07) is 20.6. The highest BCUT2D eigenvalue weighted by Gasteiger charge is 2.62. The summed E-state index contributed by atoms with van der Waals surface area (Å²) in [4.78, 5) is 31.3. The van der Waals surface area contributed by atoms with Crippen molar-refractivity contribution in [1.29, 1.82) is 0 Å². The van der Waals surface area contributed by atoms with Gasteiger partial charge in [-0.25, -0.2) is 0 Å². The molecule has 4 saturated carbocycles. The maximum absolute atomic E-state index is 13.6. The molecule has 0 aliphatic heterocycles. The van der Waals surface area contributed by atoms with Crippen molar-refractivity contribution in [2.45, 2.75) is 64.5 Å². The molecule has 2 aromatic rings. The molecule has 0 radical (unpaired) electrons. The fourth-order valence-corrected chi connectivity index (χ4v) is 6.58. The molecule has 2 atom stereocenters. The summed E-state index contributed by atoms with van der Waals surface area (Å²) in [5.41, 5.74) is 2.96. The summed E-state index contributed by atoms with van der Waals surface area (Å²) in [5.74, 6) is 1.00. The molecule has 4 aliphatic carbocycles. The number of carbonyl (C=O) groups excluding carboxylic acids is 2. The highest BCUT2D eigenvalue weighted by atomic mass is 16.2. The Balaban J connectivity index is 1.17. The van der Waals surface area contributed by atoms with Gasteiger partial charge in [0.2, 0.25) is 11.8 Å². The van der Waals surface area contributed by atoms with Gasteiger partial charge in [-0.3, -0.25) is 9.59 Å². The van der Waals surface area contributed by atoms with Gasteiger partial charge in [0.05, 0.1) is 0 Å². The van der Waals surface area contributed by atoms with Crippen LogP contribution in [-0.2, 0) is 22.7 Å². The van der Waals surface area contributed by atoms with Gasteiger partial charge >= 0.3 is 0 Å². The minimum absolute atomic E-state index is 0.199. The number of hydrogen-bond acceptors (Lipinski definition) is 2. The molecule has 2 amide bonds. The Bertz CT molecular complexity index is 956. The molecule has 0 aromatic heterocycles. The summed E-state index contributed by atoms with van der Waals surface area (Å²) in [6.45, 7) is 2.48. The summed E-state index contributed by atoms with van der Waals surface area (Å²) < 4.78 is 0. The van der Waals surface area contributed by atoms with Gasteiger partial charge in [0.15, 0.2) is 0 Å². The number of amides is 2. The topological polar surface area (TPSA) is 40.6 Å². The summed E-state index contributed by atoms with van der Waals surface area (Å²) in [5, 5.41) is 0. The molecule has 4 heteroatoms. The van der Waals surface area contributed by atoms with Crippen molar-refractivity contribution >= 4 is 11.8 Å². The quantitative estimate of drug-likeness (QED) is 0.505. The van der Waals surface area contributed by atoms with Crippen LogP contribution in [0.1, 0.15) is 62.5 Å². The second-order valence-electron chi connectivity index (χ2n) is 11.4. The van der Waals surface area contributed by atoms with Gasteiger partial charge < -0.3 is 9.80 Å². The van der Waals surface area contributed by atoms with Gasteiger partial charge in [-0.15, -0.1) is 0 Å². The van der Waals surface area contributed by atoms with Crippen LogP contribution in [0.4, 0.5) is 0 Å². The predicted molar refractivity (Wildman–Crippen MR) is 132 cm³/mol. The second-order valence-corrected chi connectivity index (χ2v) is 11.4. The SMILES string of the molecule is O=C(C1CC12CCC2)N(CCN(Cc1ccccc1)C(=O)C1CC12CCC2)Cc1ccccc1. The minimum Gasteiger partial charge on any atom is -0.336 e. The largest absolute Gasteiger partial charge is 0.336 e. The van der Waals surface area contributed by atoms with Crippen molar-refractivity contribution in [2.24, 2.45) is 22.7 Å². The van der Waals surface area contributed by atoms with E-state index in [2.05, 4.69) is 24.3 Å². The first-order chi connectivity index (χ1) is 16.6. The summed E-state index contributed by atoms with van der Waals surface area (Å²) >= 11 is 0. The molecular formula is C30H36N2O2. The van der Waals surface area contributed by atoms with Crippen LogP contribution in [0.2, 0.25) is 0 Å². The third kappa shape index (κ3) is 4.06. The van der Waals surface area contributed by atoms with Gasteiger partial charge in [-0.2, -0.15) is 0 Å². The lowest BCUT2D eigenvalue weighted by Crippen LogP contribution is -2.43. The third-order valence-corrected chi connectivity index (χ3v) is 9.37. The molecule has 4 aliphatic rings. The smallest absolute Gasteiger partial charge is 0.226 e. The van der Waals surface area contributed by atoms with E-state index in [1.807, 2.05) is 46.2 Å². The van der Waals surface area contributed by atoms with Gasteiger partial charge in [-0.1, -0.05) is 73.5 Å². The average molecular weight is 457 g/mol. The van der Waals surface area contributed by atoms with Crippen LogP contribution >= 0.6 is 0 Å². The maximum atomic E-state index is 13.6. The van der Waals surface area contributed by atoms with E-state index >= 15 is 0 Å². The first kappa shape index (κ1) is 21.9. The molecule has 178 valence electrons. The standard InChI is InChI=1S/C30H36N2O2/c33-27(25-19-29(25)13-7-14-29)31(21-23-9-3-1-4-10-23)17-18-32(22-24-11-5-2-6-12-24)28(34)26-20-30(26)15-8-16-30/h1-6,9-12,25-26H,7-8,13-22H2. The molecule has 0 bridgehead atoms. The van der Waals surface area contributed by atoms with E-state index in [1.165, 1.54) is 38.5 Å². The Labute approximate surface area is 203 Å². The van der Waals surface area contributed by atoms with Crippen LogP contribution in [0, 0.1) is 22.7 Å².